The topological polar surface area (TPSA) is 44.8 Å². The lowest BCUT2D eigenvalue weighted by molar-refractivity contribution is -0.235. The summed E-state index contributed by atoms with van der Waals surface area (Å²) in [6, 6.07) is 19.4. The van der Waals surface area contributed by atoms with Crippen molar-refractivity contribution >= 4 is 5.97 Å². The van der Waals surface area contributed by atoms with E-state index in [9.17, 15) is 4.79 Å². The van der Waals surface area contributed by atoms with Gasteiger partial charge in [0.1, 0.15) is 6.10 Å². The normalized spacial score (nSPS) is 23.9. The van der Waals surface area contributed by atoms with Crippen LogP contribution < -0.4 is 0 Å². The third-order valence-electron chi connectivity index (χ3n) is 9.09. The maximum atomic E-state index is 13.0. The van der Waals surface area contributed by atoms with Crippen molar-refractivity contribution in [3.05, 3.63) is 96.1 Å². The Bertz CT molecular complexity index is 1230. The van der Waals surface area contributed by atoms with Crippen LogP contribution in [-0.2, 0) is 14.2 Å². The number of esters is 1. The maximum Gasteiger partial charge on any atom is 0.338 e. The Morgan fingerprint density at radius 1 is 0.925 bits per heavy atom. The van der Waals surface area contributed by atoms with Gasteiger partial charge in [-0.15, -0.1) is 0 Å². The summed E-state index contributed by atoms with van der Waals surface area (Å²) in [4.78, 5) is 13.0. The van der Waals surface area contributed by atoms with E-state index in [1.165, 1.54) is 25.7 Å². The first kappa shape index (κ1) is 28.4. The molecule has 2 aromatic carbocycles. The lowest BCUT2D eigenvalue weighted by Gasteiger charge is -2.46. The van der Waals surface area contributed by atoms with Gasteiger partial charge in [-0.1, -0.05) is 86.2 Å². The molecule has 2 saturated carbocycles. The molecule has 0 amide bonds. The second-order valence-electron chi connectivity index (χ2n) is 11.9. The molecule has 0 aromatic heterocycles. The second kappa shape index (κ2) is 13.0. The van der Waals surface area contributed by atoms with Crippen LogP contribution in [0.5, 0.6) is 0 Å². The van der Waals surface area contributed by atoms with Crippen LogP contribution >= 0.6 is 0 Å². The number of carbonyl (C=O) groups excluding carboxylic acids is 1. The van der Waals surface area contributed by atoms with Crippen LogP contribution in [0.4, 0.5) is 0 Å². The summed E-state index contributed by atoms with van der Waals surface area (Å²) in [6.45, 7) is 3.56. The van der Waals surface area contributed by atoms with E-state index in [2.05, 4.69) is 43.0 Å². The van der Waals surface area contributed by atoms with Crippen molar-refractivity contribution in [2.24, 2.45) is 10.8 Å². The summed E-state index contributed by atoms with van der Waals surface area (Å²) in [5.74, 6) is 5.98. The standard InChI is InChI=1S/C36H42O4/c1-34(22-10-11-26-36(34)38-28-29-39-36)21-9-8-19-32(40-33(37)31-17-6-3-7-18-31)20-27-35(24-13-25-35)23-12-16-30-14-4-2-5-15-30/h2-9,14-15,17-19,21,32H,10-11,13,20,22-29H2,1H3/b19-8+,21-9+. The molecule has 1 saturated heterocycles. The number of hydrogen-bond acceptors (Lipinski definition) is 4. The van der Waals surface area contributed by atoms with E-state index in [0.717, 1.165) is 44.1 Å². The minimum Gasteiger partial charge on any atom is -0.455 e. The van der Waals surface area contributed by atoms with Gasteiger partial charge in [0.15, 0.2) is 5.79 Å². The van der Waals surface area contributed by atoms with E-state index >= 15 is 0 Å². The summed E-state index contributed by atoms with van der Waals surface area (Å²) in [6.07, 6.45) is 18.6. The molecule has 1 spiro atoms. The number of benzene rings is 2. The third kappa shape index (κ3) is 6.77. The summed E-state index contributed by atoms with van der Waals surface area (Å²) in [5, 5.41) is 0. The van der Waals surface area contributed by atoms with Crippen molar-refractivity contribution in [1.29, 1.82) is 0 Å². The van der Waals surface area contributed by atoms with Gasteiger partial charge in [0.25, 0.3) is 0 Å². The highest BCUT2D eigenvalue weighted by molar-refractivity contribution is 5.89. The molecule has 210 valence electrons. The molecule has 5 rings (SSSR count). The van der Waals surface area contributed by atoms with Gasteiger partial charge in [-0.2, -0.15) is 0 Å². The van der Waals surface area contributed by atoms with E-state index in [1.54, 1.807) is 12.1 Å². The van der Waals surface area contributed by atoms with Crippen LogP contribution in [0, 0.1) is 22.7 Å². The van der Waals surface area contributed by atoms with Crippen molar-refractivity contribution in [1.82, 2.24) is 0 Å². The van der Waals surface area contributed by atoms with E-state index in [0.29, 0.717) is 18.8 Å². The summed E-state index contributed by atoms with van der Waals surface area (Å²) in [7, 11) is 0. The Labute approximate surface area is 239 Å². The van der Waals surface area contributed by atoms with Crippen LogP contribution in [0.1, 0.15) is 87.1 Å². The quantitative estimate of drug-likeness (QED) is 0.184. The average molecular weight is 539 g/mol. The van der Waals surface area contributed by atoms with Gasteiger partial charge in [0.05, 0.1) is 18.8 Å². The predicted octanol–water partition coefficient (Wildman–Crippen LogP) is 8.04. The molecular formula is C36H42O4. The van der Waals surface area contributed by atoms with Gasteiger partial charge in [0.2, 0.25) is 0 Å². The van der Waals surface area contributed by atoms with Gasteiger partial charge >= 0.3 is 5.97 Å². The Kier molecular flexibility index (Phi) is 9.25. The van der Waals surface area contributed by atoms with Gasteiger partial charge in [-0.3, -0.25) is 0 Å². The van der Waals surface area contributed by atoms with Crippen LogP contribution in [0.3, 0.4) is 0 Å². The molecule has 0 bridgehead atoms. The molecular weight excluding hydrogens is 496 g/mol. The third-order valence-corrected chi connectivity index (χ3v) is 9.09. The molecule has 4 nitrogen and oxygen atoms in total. The zero-order valence-corrected chi connectivity index (χ0v) is 23.8. The number of allylic oxidation sites excluding steroid dienone is 2. The summed E-state index contributed by atoms with van der Waals surface area (Å²) >= 11 is 0. The average Bonchev–Trinajstić information content (AvgIpc) is 3.44. The van der Waals surface area contributed by atoms with Crippen LogP contribution in [0.2, 0.25) is 0 Å². The first-order valence-electron chi connectivity index (χ1n) is 15.0. The first-order chi connectivity index (χ1) is 19.5. The second-order valence-corrected chi connectivity index (χ2v) is 11.9. The highest BCUT2D eigenvalue weighted by atomic mass is 16.7. The minimum atomic E-state index is -0.508. The summed E-state index contributed by atoms with van der Waals surface area (Å²) < 4.78 is 18.3. The number of hydrogen-bond donors (Lipinski definition) is 0. The maximum absolute atomic E-state index is 13.0. The fourth-order valence-corrected chi connectivity index (χ4v) is 6.39. The largest absolute Gasteiger partial charge is 0.455 e. The van der Waals surface area contributed by atoms with Crippen molar-refractivity contribution in [2.45, 2.75) is 83.0 Å². The van der Waals surface area contributed by atoms with Crippen molar-refractivity contribution in [3.63, 3.8) is 0 Å². The minimum absolute atomic E-state index is 0.171. The van der Waals surface area contributed by atoms with Crippen LogP contribution in [0.25, 0.3) is 0 Å². The Hall–Kier alpha value is -3.13. The number of ether oxygens (including phenoxy) is 3. The fraction of sp³-hybridized carbons (Fsp3) is 0.472. The molecule has 2 aromatic rings. The van der Waals surface area contributed by atoms with Crippen LogP contribution in [0.15, 0.2) is 85.0 Å². The Morgan fingerprint density at radius 3 is 2.33 bits per heavy atom. The van der Waals surface area contributed by atoms with E-state index < -0.39 is 5.79 Å². The van der Waals surface area contributed by atoms with Crippen molar-refractivity contribution in [3.8, 4) is 11.8 Å². The van der Waals surface area contributed by atoms with Crippen molar-refractivity contribution in [2.75, 3.05) is 13.2 Å². The SMILES string of the molecule is CC1(/C=C/C=C/C(CCC2(CC#Cc3ccccc3)CCC2)OC(=O)c2ccccc2)CCCCC12OCCO2. The molecule has 0 N–H and O–H groups in total. The zero-order valence-electron chi connectivity index (χ0n) is 23.8. The first-order valence-corrected chi connectivity index (χ1v) is 15.0. The highest BCUT2D eigenvalue weighted by Gasteiger charge is 2.52. The molecule has 2 atom stereocenters. The molecule has 40 heavy (non-hydrogen) atoms. The van der Waals surface area contributed by atoms with Gasteiger partial charge < -0.3 is 14.2 Å². The van der Waals surface area contributed by atoms with Gasteiger partial charge in [-0.05, 0) is 74.3 Å². The Balaban J connectivity index is 1.26. The number of carbonyl (C=O) groups is 1. The molecule has 2 aliphatic carbocycles. The molecule has 4 heteroatoms. The van der Waals surface area contributed by atoms with E-state index in [4.69, 9.17) is 14.2 Å². The lowest BCUT2D eigenvalue weighted by atomic mass is 9.64. The zero-order chi connectivity index (χ0) is 27.7. The molecule has 0 radical (unpaired) electrons. The fourth-order valence-electron chi connectivity index (χ4n) is 6.39. The molecule has 2 unspecified atom stereocenters. The monoisotopic (exact) mass is 538 g/mol. The van der Waals surface area contributed by atoms with E-state index in [-0.39, 0.29) is 22.9 Å². The molecule has 3 fully saturated rings. The van der Waals surface area contributed by atoms with Gasteiger partial charge in [-0.25, -0.2) is 4.79 Å². The molecule has 1 aliphatic heterocycles. The molecule has 1 heterocycles. The smallest absolute Gasteiger partial charge is 0.338 e. The number of rotatable bonds is 9. The Morgan fingerprint density at radius 2 is 1.62 bits per heavy atom. The lowest BCUT2D eigenvalue weighted by Crippen LogP contribution is -2.48. The van der Waals surface area contributed by atoms with Gasteiger partial charge in [0, 0.05) is 23.8 Å². The predicted molar refractivity (Wildman–Crippen MR) is 159 cm³/mol. The molecule has 3 aliphatic rings. The van der Waals surface area contributed by atoms with Crippen molar-refractivity contribution < 1.29 is 19.0 Å². The van der Waals surface area contributed by atoms with E-state index in [1.807, 2.05) is 48.6 Å². The summed E-state index contributed by atoms with van der Waals surface area (Å²) in [5.41, 5.74) is 1.68. The highest BCUT2D eigenvalue weighted by Crippen LogP contribution is 2.50. The van der Waals surface area contributed by atoms with Crippen LogP contribution in [-0.4, -0.2) is 31.1 Å².